The van der Waals surface area contributed by atoms with Crippen molar-refractivity contribution in [3.8, 4) is 0 Å². The molecule has 2 aromatic heterocycles. The largest absolute Gasteiger partial charge is 0.396 e. The highest BCUT2D eigenvalue weighted by Gasteiger charge is 2.01. The molecular weight excluding hydrogens is 279 g/mol. The van der Waals surface area contributed by atoms with Crippen LogP contribution in [0.2, 0.25) is 0 Å². The molecule has 2 aromatic rings. The number of hydrogen-bond acceptors (Lipinski definition) is 2. The lowest BCUT2D eigenvalue weighted by Crippen LogP contribution is -1.89. The van der Waals surface area contributed by atoms with Crippen molar-refractivity contribution in [3.05, 3.63) is 33.8 Å². The molecule has 0 fully saturated rings. The molecular formula is C9H9IN2O. The highest BCUT2D eigenvalue weighted by molar-refractivity contribution is 14.1. The van der Waals surface area contributed by atoms with E-state index in [1.807, 2.05) is 28.8 Å². The fourth-order valence-electron chi connectivity index (χ4n) is 1.26. The number of aromatic nitrogens is 2. The Hall–Kier alpha value is -0.620. The van der Waals surface area contributed by atoms with E-state index >= 15 is 0 Å². The van der Waals surface area contributed by atoms with Crippen LogP contribution in [-0.4, -0.2) is 21.1 Å². The van der Waals surface area contributed by atoms with E-state index in [1.54, 1.807) is 0 Å². The molecule has 2 rings (SSSR count). The van der Waals surface area contributed by atoms with Gasteiger partial charge in [0.15, 0.2) is 0 Å². The molecule has 0 aliphatic carbocycles. The predicted molar refractivity (Wildman–Crippen MR) is 58.7 cm³/mol. The summed E-state index contributed by atoms with van der Waals surface area (Å²) < 4.78 is 3.15. The van der Waals surface area contributed by atoms with Crippen molar-refractivity contribution in [2.24, 2.45) is 0 Å². The molecule has 4 heteroatoms. The number of rotatable bonds is 2. The van der Waals surface area contributed by atoms with Crippen LogP contribution >= 0.6 is 22.6 Å². The second kappa shape index (κ2) is 3.63. The summed E-state index contributed by atoms with van der Waals surface area (Å²) in [6, 6.07) is 5.97. The van der Waals surface area contributed by atoms with Crippen LogP contribution < -0.4 is 0 Å². The number of aliphatic hydroxyl groups is 1. The van der Waals surface area contributed by atoms with Gasteiger partial charge in [-0.1, -0.05) is 6.07 Å². The Morgan fingerprint density at radius 2 is 2.31 bits per heavy atom. The Balaban J connectivity index is 2.55. The zero-order valence-corrected chi connectivity index (χ0v) is 9.10. The zero-order valence-electron chi connectivity index (χ0n) is 6.94. The van der Waals surface area contributed by atoms with E-state index in [9.17, 15) is 0 Å². The molecule has 3 nitrogen and oxygen atoms in total. The molecule has 0 amide bonds. The van der Waals surface area contributed by atoms with Gasteiger partial charge >= 0.3 is 0 Å². The Kier molecular flexibility index (Phi) is 2.50. The van der Waals surface area contributed by atoms with E-state index in [4.69, 9.17) is 5.11 Å². The lowest BCUT2D eigenvalue weighted by atomic mass is 10.4. The van der Waals surface area contributed by atoms with E-state index in [0.717, 1.165) is 15.0 Å². The van der Waals surface area contributed by atoms with Crippen LogP contribution in [0.15, 0.2) is 24.4 Å². The maximum atomic E-state index is 8.76. The topological polar surface area (TPSA) is 37.5 Å². The van der Waals surface area contributed by atoms with Crippen LogP contribution in [-0.2, 0) is 6.42 Å². The third-order valence-electron chi connectivity index (χ3n) is 1.86. The lowest BCUT2D eigenvalue weighted by Gasteiger charge is -1.94. The van der Waals surface area contributed by atoms with Gasteiger partial charge in [-0.15, -0.1) is 0 Å². The first-order chi connectivity index (χ1) is 6.31. The van der Waals surface area contributed by atoms with E-state index in [2.05, 4.69) is 27.6 Å². The van der Waals surface area contributed by atoms with Gasteiger partial charge in [0.1, 0.15) is 5.65 Å². The average Bonchev–Trinajstić information content (AvgIpc) is 2.49. The third-order valence-corrected chi connectivity index (χ3v) is 2.74. The van der Waals surface area contributed by atoms with Crippen molar-refractivity contribution in [1.29, 1.82) is 0 Å². The smallest absolute Gasteiger partial charge is 0.137 e. The maximum absolute atomic E-state index is 8.76. The van der Waals surface area contributed by atoms with Crippen LogP contribution in [0.5, 0.6) is 0 Å². The minimum Gasteiger partial charge on any atom is -0.396 e. The fourth-order valence-corrected chi connectivity index (χ4v) is 1.86. The van der Waals surface area contributed by atoms with Crippen LogP contribution in [0.4, 0.5) is 0 Å². The van der Waals surface area contributed by atoms with Gasteiger partial charge in [-0.3, -0.25) is 4.40 Å². The Morgan fingerprint density at radius 1 is 1.46 bits per heavy atom. The number of imidazole rings is 1. The molecule has 0 atom stereocenters. The maximum Gasteiger partial charge on any atom is 0.137 e. The number of hydrogen-bond donors (Lipinski definition) is 1. The van der Waals surface area contributed by atoms with Gasteiger partial charge in [0.25, 0.3) is 0 Å². The summed E-state index contributed by atoms with van der Waals surface area (Å²) in [5, 5.41) is 8.76. The van der Waals surface area contributed by atoms with E-state index in [-0.39, 0.29) is 6.61 Å². The van der Waals surface area contributed by atoms with Crippen molar-refractivity contribution in [3.63, 3.8) is 0 Å². The third kappa shape index (κ3) is 1.68. The summed E-state index contributed by atoms with van der Waals surface area (Å²) in [5.41, 5.74) is 1.88. The second-order valence-electron chi connectivity index (χ2n) is 2.78. The zero-order chi connectivity index (χ0) is 9.26. The Bertz CT molecular complexity index is 424. The van der Waals surface area contributed by atoms with Crippen molar-refractivity contribution < 1.29 is 5.11 Å². The summed E-state index contributed by atoms with van der Waals surface area (Å²) in [6.07, 6.45) is 2.59. The predicted octanol–water partition coefficient (Wildman–Crippen LogP) is 1.47. The number of aliphatic hydroxyl groups excluding tert-OH is 1. The average molecular weight is 288 g/mol. The molecule has 0 aliphatic rings. The first kappa shape index (κ1) is 8.96. The van der Waals surface area contributed by atoms with Gasteiger partial charge < -0.3 is 5.11 Å². The molecule has 0 aromatic carbocycles. The summed E-state index contributed by atoms with van der Waals surface area (Å²) >= 11 is 2.26. The molecule has 0 aliphatic heterocycles. The van der Waals surface area contributed by atoms with Crippen molar-refractivity contribution >= 4 is 28.2 Å². The summed E-state index contributed by atoms with van der Waals surface area (Å²) in [7, 11) is 0. The molecule has 68 valence electrons. The van der Waals surface area contributed by atoms with Gasteiger partial charge in [0, 0.05) is 19.2 Å². The number of nitrogens with zero attached hydrogens (tertiary/aromatic N) is 2. The molecule has 0 unspecified atom stereocenters. The van der Waals surface area contributed by atoms with Crippen molar-refractivity contribution in [2.75, 3.05) is 6.61 Å². The molecule has 0 saturated heterocycles. The Labute approximate surface area is 89.6 Å². The van der Waals surface area contributed by atoms with Crippen LogP contribution in [0, 0.1) is 3.70 Å². The van der Waals surface area contributed by atoms with Gasteiger partial charge in [0.05, 0.1) is 9.39 Å². The Morgan fingerprint density at radius 3 is 3.00 bits per heavy atom. The molecule has 0 spiro atoms. The van der Waals surface area contributed by atoms with E-state index in [1.165, 1.54) is 0 Å². The highest BCUT2D eigenvalue weighted by Crippen LogP contribution is 2.10. The first-order valence-electron chi connectivity index (χ1n) is 4.04. The van der Waals surface area contributed by atoms with Crippen LogP contribution in [0.25, 0.3) is 5.65 Å². The minimum absolute atomic E-state index is 0.153. The molecule has 0 saturated carbocycles. The first-order valence-corrected chi connectivity index (χ1v) is 5.12. The summed E-state index contributed by atoms with van der Waals surface area (Å²) in [4.78, 5) is 4.36. The van der Waals surface area contributed by atoms with Gasteiger partial charge in [0.2, 0.25) is 0 Å². The number of fused-ring (bicyclic) bond motifs is 1. The van der Waals surface area contributed by atoms with Crippen molar-refractivity contribution in [1.82, 2.24) is 9.38 Å². The van der Waals surface area contributed by atoms with Gasteiger partial charge in [-0.2, -0.15) is 0 Å². The number of halogens is 1. The van der Waals surface area contributed by atoms with Gasteiger partial charge in [-0.25, -0.2) is 4.98 Å². The standard InChI is InChI=1S/C9H9IN2O/c10-8-2-1-3-9-11-7(4-5-13)6-12(8)9/h1-3,6,13H,4-5H2. The molecule has 1 N–H and O–H groups in total. The second-order valence-corrected chi connectivity index (χ2v) is 3.89. The van der Waals surface area contributed by atoms with Crippen LogP contribution in [0.3, 0.4) is 0 Å². The van der Waals surface area contributed by atoms with E-state index < -0.39 is 0 Å². The quantitative estimate of drug-likeness (QED) is 0.671. The minimum atomic E-state index is 0.153. The van der Waals surface area contributed by atoms with Crippen LogP contribution in [0.1, 0.15) is 5.69 Å². The number of pyridine rings is 1. The molecule has 13 heavy (non-hydrogen) atoms. The monoisotopic (exact) mass is 288 g/mol. The van der Waals surface area contributed by atoms with E-state index in [0.29, 0.717) is 6.42 Å². The SMILES string of the molecule is OCCc1cn2c(I)cccc2n1. The molecule has 0 radical (unpaired) electrons. The highest BCUT2D eigenvalue weighted by atomic mass is 127. The lowest BCUT2D eigenvalue weighted by molar-refractivity contribution is 0.298. The molecule has 2 heterocycles. The normalized spacial score (nSPS) is 10.9. The van der Waals surface area contributed by atoms with Gasteiger partial charge in [-0.05, 0) is 34.7 Å². The summed E-state index contributed by atoms with van der Waals surface area (Å²) in [6.45, 7) is 0.153. The summed E-state index contributed by atoms with van der Waals surface area (Å²) in [5.74, 6) is 0. The van der Waals surface area contributed by atoms with Crippen molar-refractivity contribution in [2.45, 2.75) is 6.42 Å². The fraction of sp³-hybridized carbons (Fsp3) is 0.222. The molecule has 0 bridgehead atoms.